The van der Waals surface area contributed by atoms with Crippen LogP contribution in [0.1, 0.15) is 6.92 Å². The third-order valence-corrected chi connectivity index (χ3v) is 1.34. The van der Waals surface area contributed by atoms with Gasteiger partial charge in [-0.15, -0.1) is 0 Å². The smallest absolute Gasteiger partial charge is 0.255 e. The predicted octanol–water partition coefficient (Wildman–Crippen LogP) is 0.770. The number of carbonyl (C=O) groups is 1. The van der Waals surface area contributed by atoms with Crippen molar-refractivity contribution >= 4 is 21.8 Å². The van der Waals surface area contributed by atoms with Gasteiger partial charge in [0, 0.05) is 0 Å². The van der Waals surface area contributed by atoms with Gasteiger partial charge in [-0.3, -0.25) is 4.79 Å². The van der Waals surface area contributed by atoms with Crippen LogP contribution in [0.25, 0.3) is 0 Å². The molecular formula is C4H6BrNO. The maximum Gasteiger partial charge on any atom is 0.255 e. The van der Waals surface area contributed by atoms with Gasteiger partial charge in [-0.1, -0.05) is 6.08 Å². The first kappa shape index (κ1) is 6.69. The van der Waals surface area contributed by atoms with E-state index in [9.17, 15) is 4.79 Å². The molecule has 3 heteroatoms. The zero-order valence-corrected chi connectivity index (χ0v) is 5.53. The summed E-state index contributed by atoms with van der Waals surface area (Å²) in [6, 6.07) is 0. The molecule has 1 amide bonds. The zero-order chi connectivity index (χ0) is 5.86. The Labute approximate surface area is 50.5 Å². The van der Waals surface area contributed by atoms with E-state index in [0.29, 0.717) is 4.48 Å². The van der Waals surface area contributed by atoms with Gasteiger partial charge in [-0.2, -0.15) is 0 Å². The van der Waals surface area contributed by atoms with Crippen molar-refractivity contribution in [3.63, 3.8) is 0 Å². The number of nitrogens with two attached hydrogens (primary N) is 1. The fourth-order valence-electron chi connectivity index (χ4n) is 0.142. The molecule has 0 heterocycles. The van der Waals surface area contributed by atoms with Crippen molar-refractivity contribution in [1.82, 2.24) is 0 Å². The first-order chi connectivity index (χ1) is 3.18. The van der Waals surface area contributed by atoms with Crippen LogP contribution < -0.4 is 5.73 Å². The maximum atomic E-state index is 10.0. The van der Waals surface area contributed by atoms with E-state index in [1.165, 1.54) is 0 Å². The number of carbonyl (C=O) groups excluding carboxylic acids is 1. The molecular weight excluding hydrogens is 158 g/mol. The fourth-order valence-corrected chi connectivity index (χ4v) is 0.142. The number of halogens is 1. The molecule has 0 spiro atoms. The van der Waals surface area contributed by atoms with Crippen molar-refractivity contribution in [2.24, 2.45) is 5.73 Å². The topological polar surface area (TPSA) is 43.1 Å². The number of rotatable bonds is 1. The van der Waals surface area contributed by atoms with Crippen molar-refractivity contribution < 1.29 is 4.79 Å². The van der Waals surface area contributed by atoms with Gasteiger partial charge in [0.2, 0.25) is 0 Å². The quantitative estimate of drug-likeness (QED) is 0.571. The van der Waals surface area contributed by atoms with Gasteiger partial charge in [-0.25, -0.2) is 0 Å². The Kier molecular flexibility index (Phi) is 2.67. The summed E-state index contributed by atoms with van der Waals surface area (Å²) in [5.41, 5.74) is 4.79. The number of primary amides is 1. The molecule has 0 aliphatic rings. The minimum Gasteiger partial charge on any atom is -0.365 e. The largest absolute Gasteiger partial charge is 0.365 e. The maximum absolute atomic E-state index is 10.0. The molecule has 0 saturated heterocycles. The van der Waals surface area contributed by atoms with Gasteiger partial charge >= 0.3 is 0 Å². The molecule has 0 aliphatic carbocycles. The molecule has 0 rings (SSSR count). The predicted molar refractivity (Wildman–Crippen MR) is 31.9 cm³/mol. The summed E-state index contributed by atoms with van der Waals surface area (Å²) in [5, 5.41) is 0. The van der Waals surface area contributed by atoms with Crippen molar-refractivity contribution in [1.29, 1.82) is 0 Å². The lowest BCUT2D eigenvalue weighted by molar-refractivity contribution is -0.113. The second kappa shape index (κ2) is 2.80. The Hall–Kier alpha value is -0.310. The van der Waals surface area contributed by atoms with Crippen molar-refractivity contribution in [2.75, 3.05) is 0 Å². The van der Waals surface area contributed by atoms with Crippen molar-refractivity contribution in [3.8, 4) is 0 Å². The second-order valence-electron chi connectivity index (χ2n) is 1.00. The highest BCUT2D eigenvalue weighted by molar-refractivity contribution is 9.12. The van der Waals surface area contributed by atoms with Crippen LogP contribution in [0.15, 0.2) is 10.6 Å². The van der Waals surface area contributed by atoms with E-state index in [0.717, 1.165) is 0 Å². The second-order valence-corrected chi connectivity index (χ2v) is 1.86. The van der Waals surface area contributed by atoms with Crippen LogP contribution in [0.3, 0.4) is 0 Å². The highest BCUT2D eigenvalue weighted by atomic mass is 79.9. The highest BCUT2D eigenvalue weighted by Gasteiger charge is 1.92. The number of amides is 1. The summed E-state index contributed by atoms with van der Waals surface area (Å²) in [6.07, 6.45) is 1.60. The van der Waals surface area contributed by atoms with Gasteiger partial charge in [-0.05, 0) is 22.9 Å². The molecule has 7 heavy (non-hydrogen) atoms. The Bertz CT molecular complexity index is 108. The molecule has 40 valence electrons. The van der Waals surface area contributed by atoms with E-state index in [4.69, 9.17) is 5.73 Å². The van der Waals surface area contributed by atoms with Crippen LogP contribution in [0, 0.1) is 0 Å². The fraction of sp³-hybridized carbons (Fsp3) is 0.250. The van der Waals surface area contributed by atoms with Gasteiger partial charge in [0.25, 0.3) is 5.91 Å². The first-order valence-corrected chi connectivity index (χ1v) is 2.59. The number of hydrogen-bond acceptors (Lipinski definition) is 1. The van der Waals surface area contributed by atoms with Gasteiger partial charge in [0.1, 0.15) is 0 Å². The lowest BCUT2D eigenvalue weighted by Crippen LogP contribution is -2.09. The van der Waals surface area contributed by atoms with Crippen LogP contribution in [-0.2, 0) is 4.79 Å². The average molecular weight is 164 g/mol. The minimum absolute atomic E-state index is 0.424. The Morgan fingerprint density at radius 2 is 2.29 bits per heavy atom. The van der Waals surface area contributed by atoms with Crippen LogP contribution in [0.2, 0.25) is 0 Å². The van der Waals surface area contributed by atoms with Gasteiger partial charge < -0.3 is 5.73 Å². The third-order valence-electron chi connectivity index (χ3n) is 0.489. The van der Waals surface area contributed by atoms with E-state index < -0.39 is 5.91 Å². The number of allylic oxidation sites excluding steroid dienone is 1. The van der Waals surface area contributed by atoms with E-state index in [1.807, 2.05) is 0 Å². The van der Waals surface area contributed by atoms with Crippen LogP contribution in [-0.4, -0.2) is 5.91 Å². The summed E-state index contributed by atoms with van der Waals surface area (Å²) < 4.78 is 0.424. The zero-order valence-electron chi connectivity index (χ0n) is 3.94. The van der Waals surface area contributed by atoms with Crippen LogP contribution in [0.5, 0.6) is 0 Å². The minimum atomic E-state index is -0.428. The van der Waals surface area contributed by atoms with E-state index >= 15 is 0 Å². The Balaban J connectivity index is 3.82. The number of hydrogen-bond donors (Lipinski definition) is 1. The third kappa shape index (κ3) is 2.39. The van der Waals surface area contributed by atoms with Gasteiger partial charge in [0.15, 0.2) is 0 Å². The SMILES string of the molecule is C/C=C(\Br)C(N)=O. The van der Waals surface area contributed by atoms with Gasteiger partial charge in [0.05, 0.1) is 4.48 Å². The molecule has 0 aromatic heterocycles. The first-order valence-electron chi connectivity index (χ1n) is 1.80. The Morgan fingerprint density at radius 1 is 1.86 bits per heavy atom. The summed E-state index contributed by atoms with van der Waals surface area (Å²) >= 11 is 2.93. The van der Waals surface area contributed by atoms with Crippen molar-refractivity contribution in [3.05, 3.63) is 10.6 Å². The summed E-state index contributed by atoms with van der Waals surface area (Å²) in [7, 11) is 0. The summed E-state index contributed by atoms with van der Waals surface area (Å²) in [5.74, 6) is -0.428. The molecule has 0 saturated carbocycles. The molecule has 0 radical (unpaired) electrons. The molecule has 0 fully saturated rings. The normalized spacial score (nSPS) is 11.4. The molecule has 0 unspecified atom stereocenters. The lowest BCUT2D eigenvalue weighted by atomic mass is 10.5. The molecule has 2 N–H and O–H groups in total. The lowest BCUT2D eigenvalue weighted by Gasteiger charge is -1.83. The Morgan fingerprint density at radius 3 is 2.29 bits per heavy atom. The monoisotopic (exact) mass is 163 g/mol. The molecule has 0 bridgehead atoms. The molecule has 0 aromatic carbocycles. The van der Waals surface area contributed by atoms with E-state index in [2.05, 4.69) is 15.9 Å². The average Bonchev–Trinajstić information content (AvgIpc) is 1.65. The van der Waals surface area contributed by atoms with Crippen LogP contribution >= 0.6 is 15.9 Å². The molecule has 2 nitrogen and oxygen atoms in total. The summed E-state index contributed by atoms with van der Waals surface area (Å²) in [4.78, 5) is 10.0. The molecule has 0 atom stereocenters. The highest BCUT2D eigenvalue weighted by Crippen LogP contribution is 2.00. The van der Waals surface area contributed by atoms with Crippen molar-refractivity contribution in [2.45, 2.75) is 6.92 Å². The molecule has 0 aromatic rings. The molecule has 0 aliphatic heterocycles. The van der Waals surface area contributed by atoms with E-state index in [1.54, 1.807) is 13.0 Å². The van der Waals surface area contributed by atoms with Crippen LogP contribution in [0.4, 0.5) is 0 Å². The standard InChI is InChI=1S/C4H6BrNO/c1-2-3(5)4(6)7/h2H,1H3,(H2,6,7)/b3-2-. The van der Waals surface area contributed by atoms with E-state index in [-0.39, 0.29) is 0 Å². The summed E-state index contributed by atoms with van der Waals surface area (Å²) in [6.45, 7) is 1.73.